The van der Waals surface area contributed by atoms with E-state index in [2.05, 4.69) is 15.6 Å². The molecule has 0 saturated carbocycles. The SMILES string of the molecule is CCNC(=NCC(C)(C)OC)NCC(C)Oc1ccc(F)cc1.I. The molecule has 24 heavy (non-hydrogen) atoms. The smallest absolute Gasteiger partial charge is 0.191 e. The van der Waals surface area contributed by atoms with E-state index < -0.39 is 0 Å². The van der Waals surface area contributed by atoms with Gasteiger partial charge in [0, 0.05) is 13.7 Å². The third-order valence-electron chi connectivity index (χ3n) is 3.22. The van der Waals surface area contributed by atoms with Crippen LogP contribution in [0.5, 0.6) is 5.75 Å². The lowest BCUT2D eigenvalue weighted by molar-refractivity contribution is 0.0310. The van der Waals surface area contributed by atoms with Crippen LogP contribution in [0, 0.1) is 5.82 Å². The van der Waals surface area contributed by atoms with Crippen LogP contribution in [-0.2, 0) is 4.74 Å². The Kier molecular flexibility index (Phi) is 10.9. The van der Waals surface area contributed by atoms with E-state index in [1.165, 1.54) is 12.1 Å². The van der Waals surface area contributed by atoms with Crippen LogP contribution < -0.4 is 15.4 Å². The first-order valence-electron chi connectivity index (χ1n) is 7.86. The van der Waals surface area contributed by atoms with Crippen molar-refractivity contribution < 1.29 is 13.9 Å². The molecule has 0 aliphatic heterocycles. The van der Waals surface area contributed by atoms with Crippen LogP contribution in [0.15, 0.2) is 29.3 Å². The molecule has 0 radical (unpaired) electrons. The van der Waals surface area contributed by atoms with Crippen LogP contribution in [-0.4, -0.2) is 44.4 Å². The zero-order chi connectivity index (χ0) is 17.3. The van der Waals surface area contributed by atoms with E-state index in [0.717, 1.165) is 6.54 Å². The summed E-state index contributed by atoms with van der Waals surface area (Å²) in [4.78, 5) is 4.51. The number of methoxy groups -OCH3 is 1. The number of nitrogens with zero attached hydrogens (tertiary/aromatic N) is 1. The molecule has 0 aliphatic carbocycles. The standard InChI is InChI=1S/C17H28FN3O2.HI/c1-6-19-16(21-12-17(3,4)22-5)20-11-13(2)23-15-9-7-14(18)8-10-15;/h7-10,13H,6,11-12H2,1-5H3,(H2,19,20,21);1H. The molecule has 0 spiro atoms. The van der Waals surface area contributed by atoms with Crippen molar-refractivity contribution in [2.45, 2.75) is 39.4 Å². The van der Waals surface area contributed by atoms with Crippen molar-refractivity contribution in [3.8, 4) is 5.75 Å². The average Bonchev–Trinajstić information content (AvgIpc) is 2.52. The number of halogens is 2. The van der Waals surface area contributed by atoms with Crippen molar-refractivity contribution in [3.05, 3.63) is 30.1 Å². The fourth-order valence-electron chi connectivity index (χ4n) is 1.70. The van der Waals surface area contributed by atoms with Gasteiger partial charge >= 0.3 is 0 Å². The molecule has 0 saturated heterocycles. The molecule has 0 aliphatic rings. The lowest BCUT2D eigenvalue weighted by atomic mass is 10.1. The van der Waals surface area contributed by atoms with Crippen LogP contribution >= 0.6 is 24.0 Å². The lowest BCUT2D eigenvalue weighted by Gasteiger charge is -2.22. The molecule has 5 nitrogen and oxygen atoms in total. The van der Waals surface area contributed by atoms with E-state index in [1.807, 2.05) is 27.7 Å². The average molecular weight is 453 g/mol. The number of benzene rings is 1. The molecule has 1 rings (SSSR count). The largest absolute Gasteiger partial charge is 0.489 e. The minimum Gasteiger partial charge on any atom is -0.489 e. The minimum absolute atomic E-state index is 0. The van der Waals surface area contributed by atoms with Gasteiger partial charge in [-0.1, -0.05) is 0 Å². The molecule has 2 N–H and O–H groups in total. The third kappa shape index (κ3) is 9.27. The Labute approximate surface area is 161 Å². The van der Waals surface area contributed by atoms with Gasteiger partial charge in [-0.25, -0.2) is 4.39 Å². The molecule has 0 heterocycles. The normalized spacial score (nSPS) is 13.0. The molecule has 138 valence electrons. The molecular formula is C17H29FIN3O2. The zero-order valence-electron chi connectivity index (χ0n) is 15.1. The van der Waals surface area contributed by atoms with Crippen molar-refractivity contribution in [2.24, 2.45) is 4.99 Å². The fraction of sp³-hybridized carbons (Fsp3) is 0.588. The van der Waals surface area contributed by atoms with E-state index in [-0.39, 0.29) is 41.5 Å². The van der Waals surface area contributed by atoms with E-state index >= 15 is 0 Å². The van der Waals surface area contributed by atoms with Crippen LogP contribution in [0.3, 0.4) is 0 Å². The van der Waals surface area contributed by atoms with Gasteiger partial charge in [0.25, 0.3) is 0 Å². The maximum atomic E-state index is 12.9. The molecule has 7 heteroatoms. The van der Waals surface area contributed by atoms with E-state index in [1.54, 1.807) is 19.2 Å². The summed E-state index contributed by atoms with van der Waals surface area (Å²) >= 11 is 0. The maximum Gasteiger partial charge on any atom is 0.191 e. The van der Waals surface area contributed by atoms with Gasteiger partial charge in [0.15, 0.2) is 5.96 Å². The summed E-state index contributed by atoms with van der Waals surface area (Å²) in [5.41, 5.74) is -0.307. The van der Waals surface area contributed by atoms with Gasteiger partial charge in [-0.2, -0.15) is 0 Å². The van der Waals surface area contributed by atoms with Gasteiger partial charge in [0.1, 0.15) is 17.7 Å². The number of aliphatic imine (C=N–C) groups is 1. The molecule has 0 amide bonds. The summed E-state index contributed by atoms with van der Waals surface area (Å²) in [7, 11) is 1.68. The zero-order valence-corrected chi connectivity index (χ0v) is 17.4. The van der Waals surface area contributed by atoms with Gasteiger partial charge in [-0.15, -0.1) is 24.0 Å². The number of rotatable bonds is 8. The first kappa shape index (κ1) is 22.9. The molecule has 0 fully saturated rings. The number of ether oxygens (including phenoxy) is 2. The lowest BCUT2D eigenvalue weighted by Crippen LogP contribution is -2.42. The first-order valence-corrected chi connectivity index (χ1v) is 7.86. The van der Waals surface area contributed by atoms with E-state index in [9.17, 15) is 4.39 Å². The fourth-order valence-corrected chi connectivity index (χ4v) is 1.70. The quantitative estimate of drug-likeness (QED) is 0.361. The number of guanidine groups is 1. The Bertz CT molecular complexity index is 495. The second-order valence-electron chi connectivity index (χ2n) is 5.92. The molecule has 1 atom stereocenters. The second kappa shape index (κ2) is 11.5. The van der Waals surface area contributed by atoms with Gasteiger partial charge < -0.3 is 20.1 Å². The van der Waals surface area contributed by atoms with Gasteiger partial charge in [0.05, 0.1) is 18.7 Å². The van der Waals surface area contributed by atoms with Crippen molar-refractivity contribution in [3.63, 3.8) is 0 Å². The highest BCUT2D eigenvalue weighted by molar-refractivity contribution is 14.0. The summed E-state index contributed by atoms with van der Waals surface area (Å²) in [5.74, 6) is 1.08. The molecule has 0 bridgehead atoms. The second-order valence-corrected chi connectivity index (χ2v) is 5.92. The Morgan fingerprint density at radius 3 is 2.42 bits per heavy atom. The monoisotopic (exact) mass is 453 g/mol. The first-order chi connectivity index (χ1) is 10.9. The van der Waals surface area contributed by atoms with Gasteiger partial charge in [0.2, 0.25) is 0 Å². The van der Waals surface area contributed by atoms with Crippen molar-refractivity contribution in [1.29, 1.82) is 0 Å². The van der Waals surface area contributed by atoms with Crippen LogP contribution in [0.2, 0.25) is 0 Å². The number of nitrogens with one attached hydrogen (secondary N) is 2. The van der Waals surface area contributed by atoms with Crippen LogP contribution in [0.4, 0.5) is 4.39 Å². The summed E-state index contributed by atoms with van der Waals surface area (Å²) < 4.78 is 24.0. The van der Waals surface area contributed by atoms with E-state index in [0.29, 0.717) is 24.8 Å². The Hall–Kier alpha value is -1.09. The summed E-state index contributed by atoms with van der Waals surface area (Å²) in [6.45, 7) is 9.83. The van der Waals surface area contributed by atoms with Crippen molar-refractivity contribution >= 4 is 29.9 Å². The van der Waals surface area contributed by atoms with Gasteiger partial charge in [-0.3, -0.25) is 4.99 Å². The Morgan fingerprint density at radius 2 is 1.88 bits per heavy atom. The minimum atomic E-state index is -0.307. The topological polar surface area (TPSA) is 54.9 Å². The predicted molar refractivity (Wildman–Crippen MR) is 107 cm³/mol. The summed E-state index contributed by atoms with van der Waals surface area (Å²) in [6.07, 6.45) is -0.0836. The molecule has 0 aromatic heterocycles. The Balaban J connectivity index is 0.00000529. The summed E-state index contributed by atoms with van der Waals surface area (Å²) in [5, 5.41) is 6.42. The van der Waals surface area contributed by atoms with Gasteiger partial charge in [-0.05, 0) is 52.0 Å². The van der Waals surface area contributed by atoms with E-state index in [4.69, 9.17) is 9.47 Å². The highest BCUT2D eigenvalue weighted by atomic mass is 127. The predicted octanol–water partition coefficient (Wildman–Crippen LogP) is 3.19. The Morgan fingerprint density at radius 1 is 1.25 bits per heavy atom. The van der Waals surface area contributed by atoms with Crippen LogP contribution in [0.1, 0.15) is 27.7 Å². The van der Waals surface area contributed by atoms with Crippen molar-refractivity contribution in [2.75, 3.05) is 26.7 Å². The number of hydrogen-bond acceptors (Lipinski definition) is 3. The molecule has 1 aromatic rings. The molecule has 1 unspecified atom stereocenters. The highest BCUT2D eigenvalue weighted by Crippen LogP contribution is 2.12. The number of hydrogen-bond donors (Lipinski definition) is 2. The summed E-state index contributed by atoms with van der Waals surface area (Å²) in [6, 6.07) is 6.00. The molecular weight excluding hydrogens is 424 g/mol. The molecule has 1 aromatic carbocycles. The maximum absolute atomic E-state index is 12.9. The third-order valence-corrected chi connectivity index (χ3v) is 3.22. The van der Waals surface area contributed by atoms with Crippen molar-refractivity contribution in [1.82, 2.24) is 10.6 Å². The van der Waals surface area contributed by atoms with Crippen LogP contribution in [0.25, 0.3) is 0 Å². The highest BCUT2D eigenvalue weighted by Gasteiger charge is 2.16.